The molecular weight excluding hydrogens is 375 g/mol. The molecule has 1 aromatic heterocycles. The monoisotopic (exact) mass is 390 g/mol. The van der Waals surface area contributed by atoms with Crippen LogP contribution in [0.2, 0.25) is 0 Å². The maximum absolute atomic E-state index is 6.51. The van der Waals surface area contributed by atoms with E-state index in [1.165, 1.54) is 19.6 Å². The largest absolute Gasteiger partial charge is 0.137 e. The molecular formula is C15H16ClIS. The van der Waals surface area contributed by atoms with Crippen molar-refractivity contribution in [2.24, 2.45) is 0 Å². The quantitative estimate of drug-likeness (QED) is 0.437. The van der Waals surface area contributed by atoms with E-state index in [1.54, 1.807) is 11.3 Å². The molecule has 0 saturated carbocycles. The summed E-state index contributed by atoms with van der Waals surface area (Å²) in [7, 11) is 0. The normalized spacial score (nSPS) is 13.6. The van der Waals surface area contributed by atoms with Crippen molar-refractivity contribution in [1.29, 1.82) is 0 Å². The molecule has 1 heterocycles. The number of thiophene rings is 1. The van der Waals surface area contributed by atoms with Crippen molar-refractivity contribution < 1.29 is 0 Å². The van der Waals surface area contributed by atoms with Gasteiger partial charge in [-0.1, -0.05) is 45.0 Å². The van der Waals surface area contributed by atoms with E-state index in [2.05, 4.69) is 79.1 Å². The average Bonchev–Trinajstić information content (AvgIpc) is 2.74. The highest BCUT2D eigenvalue weighted by Crippen LogP contribution is 2.33. The second-order valence-electron chi connectivity index (χ2n) is 5.42. The van der Waals surface area contributed by atoms with Crippen LogP contribution in [-0.2, 0) is 5.41 Å². The van der Waals surface area contributed by atoms with E-state index in [9.17, 15) is 0 Å². The number of benzene rings is 1. The molecule has 2 aromatic rings. The molecule has 0 saturated heterocycles. The van der Waals surface area contributed by atoms with Gasteiger partial charge >= 0.3 is 0 Å². The zero-order valence-electron chi connectivity index (χ0n) is 10.7. The molecule has 0 spiro atoms. The Balaban J connectivity index is 2.24. The molecule has 0 aliphatic carbocycles. The highest BCUT2D eigenvalue weighted by Gasteiger charge is 2.16. The van der Waals surface area contributed by atoms with E-state index in [1.807, 2.05) is 0 Å². The van der Waals surface area contributed by atoms with Crippen LogP contribution >= 0.6 is 45.5 Å². The van der Waals surface area contributed by atoms with E-state index >= 15 is 0 Å². The highest BCUT2D eigenvalue weighted by atomic mass is 127. The first-order valence-electron chi connectivity index (χ1n) is 5.86. The summed E-state index contributed by atoms with van der Waals surface area (Å²) in [5.41, 5.74) is 3.89. The predicted molar refractivity (Wildman–Crippen MR) is 89.9 cm³/mol. The first kappa shape index (κ1) is 14.4. The van der Waals surface area contributed by atoms with E-state index in [-0.39, 0.29) is 10.8 Å². The highest BCUT2D eigenvalue weighted by molar-refractivity contribution is 14.1. The Morgan fingerprint density at radius 3 is 2.17 bits per heavy atom. The van der Waals surface area contributed by atoms with Crippen LogP contribution < -0.4 is 0 Å². The van der Waals surface area contributed by atoms with Crippen molar-refractivity contribution in [3.05, 3.63) is 55.3 Å². The molecule has 0 aliphatic rings. The molecule has 3 heteroatoms. The van der Waals surface area contributed by atoms with Crippen LogP contribution in [0, 0.1) is 2.88 Å². The number of alkyl halides is 1. The second kappa shape index (κ2) is 5.51. The first-order valence-corrected chi connectivity index (χ1v) is 8.26. The Bertz CT molecular complexity index is 522. The molecule has 1 atom stereocenters. The van der Waals surface area contributed by atoms with Crippen molar-refractivity contribution in [1.82, 2.24) is 0 Å². The van der Waals surface area contributed by atoms with Gasteiger partial charge < -0.3 is 0 Å². The van der Waals surface area contributed by atoms with Gasteiger partial charge in [0.2, 0.25) is 0 Å². The fraction of sp³-hybridized carbons (Fsp3) is 0.333. The van der Waals surface area contributed by atoms with E-state index in [4.69, 9.17) is 11.6 Å². The van der Waals surface area contributed by atoms with Crippen LogP contribution in [0.25, 0.3) is 0 Å². The standard InChI is InChI=1S/C15H16ClIS/c1-15(2,3)12-6-4-10(5-7-12)14(16)11-8-13(17)18-9-11/h4-9,14H,1-3H3. The third kappa shape index (κ3) is 3.28. The van der Waals surface area contributed by atoms with Crippen LogP contribution in [0.4, 0.5) is 0 Å². The van der Waals surface area contributed by atoms with Crippen LogP contribution in [-0.4, -0.2) is 0 Å². The summed E-state index contributed by atoms with van der Waals surface area (Å²) >= 11 is 10.6. The Kier molecular flexibility index (Phi) is 4.40. The van der Waals surface area contributed by atoms with Gasteiger partial charge in [0.15, 0.2) is 0 Å². The lowest BCUT2D eigenvalue weighted by molar-refractivity contribution is 0.590. The topological polar surface area (TPSA) is 0 Å². The third-order valence-corrected chi connectivity index (χ3v) is 5.26. The number of halogens is 2. The molecule has 0 fully saturated rings. The van der Waals surface area contributed by atoms with Gasteiger partial charge in [-0.05, 0) is 56.1 Å². The van der Waals surface area contributed by atoms with Gasteiger partial charge in [0.05, 0.1) is 8.26 Å². The van der Waals surface area contributed by atoms with Gasteiger partial charge in [-0.3, -0.25) is 0 Å². The Hall–Kier alpha value is -0.0600. The first-order chi connectivity index (χ1) is 8.38. The summed E-state index contributed by atoms with van der Waals surface area (Å²) in [6.45, 7) is 6.67. The van der Waals surface area contributed by atoms with Gasteiger partial charge in [0.25, 0.3) is 0 Å². The maximum Gasteiger partial charge on any atom is 0.0843 e. The molecule has 0 bridgehead atoms. The minimum Gasteiger partial charge on any atom is -0.137 e. The van der Waals surface area contributed by atoms with Crippen LogP contribution in [0.1, 0.15) is 42.8 Å². The lowest BCUT2D eigenvalue weighted by Gasteiger charge is -2.19. The summed E-state index contributed by atoms with van der Waals surface area (Å²) in [6, 6.07) is 10.8. The molecule has 0 N–H and O–H groups in total. The molecule has 1 unspecified atom stereocenters. The number of hydrogen-bond acceptors (Lipinski definition) is 1. The van der Waals surface area contributed by atoms with Gasteiger partial charge in [-0.2, -0.15) is 0 Å². The summed E-state index contributed by atoms with van der Waals surface area (Å²) < 4.78 is 1.28. The lowest BCUT2D eigenvalue weighted by Crippen LogP contribution is -2.10. The molecule has 0 nitrogen and oxygen atoms in total. The molecule has 96 valence electrons. The van der Waals surface area contributed by atoms with Gasteiger partial charge in [-0.25, -0.2) is 0 Å². The summed E-state index contributed by atoms with van der Waals surface area (Å²) in [5, 5.41) is 2.09. The number of rotatable bonds is 2. The Morgan fingerprint density at radius 2 is 1.72 bits per heavy atom. The molecule has 18 heavy (non-hydrogen) atoms. The molecule has 0 amide bonds. The summed E-state index contributed by atoms with van der Waals surface area (Å²) in [5.74, 6) is 0. The van der Waals surface area contributed by atoms with Crippen molar-refractivity contribution in [3.8, 4) is 0 Å². The lowest BCUT2D eigenvalue weighted by atomic mass is 9.86. The zero-order valence-corrected chi connectivity index (χ0v) is 14.4. The summed E-state index contributed by atoms with van der Waals surface area (Å²) in [4.78, 5) is 0. The van der Waals surface area contributed by atoms with Crippen molar-refractivity contribution in [3.63, 3.8) is 0 Å². The van der Waals surface area contributed by atoms with E-state index in [0.29, 0.717) is 0 Å². The van der Waals surface area contributed by atoms with Crippen molar-refractivity contribution >= 4 is 45.5 Å². The predicted octanol–water partition coefficient (Wildman–Crippen LogP) is 5.98. The second-order valence-corrected chi connectivity index (χ2v) is 8.66. The SMILES string of the molecule is CC(C)(C)c1ccc(C(Cl)c2csc(I)c2)cc1. The van der Waals surface area contributed by atoms with E-state index in [0.717, 1.165) is 0 Å². The van der Waals surface area contributed by atoms with Crippen LogP contribution in [0.3, 0.4) is 0 Å². The molecule has 0 radical (unpaired) electrons. The van der Waals surface area contributed by atoms with Crippen molar-refractivity contribution in [2.75, 3.05) is 0 Å². The van der Waals surface area contributed by atoms with Gasteiger partial charge in [-0.15, -0.1) is 22.9 Å². The Labute approximate surface area is 132 Å². The minimum atomic E-state index is -0.0428. The fourth-order valence-electron chi connectivity index (χ4n) is 1.80. The minimum absolute atomic E-state index is 0.0428. The zero-order chi connectivity index (χ0) is 13.3. The van der Waals surface area contributed by atoms with Crippen molar-refractivity contribution in [2.45, 2.75) is 31.6 Å². The summed E-state index contributed by atoms with van der Waals surface area (Å²) in [6.07, 6.45) is 0. The molecule has 1 aromatic carbocycles. The average molecular weight is 391 g/mol. The molecule has 0 aliphatic heterocycles. The maximum atomic E-state index is 6.51. The van der Waals surface area contributed by atoms with Gasteiger partial charge in [0, 0.05) is 0 Å². The number of hydrogen-bond donors (Lipinski definition) is 0. The third-order valence-electron chi connectivity index (χ3n) is 2.95. The van der Waals surface area contributed by atoms with Crippen LogP contribution in [0.15, 0.2) is 35.7 Å². The van der Waals surface area contributed by atoms with E-state index < -0.39 is 0 Å². The fourth-order valence-corrected chi connectivity index (χ4v) is 3.54. The Morgan fingerprint density at radius 1 is 1.11 bits per heavy atom. The van der Waals surface area contributed by atoms with Crippen LogP contribution in [0.5, 0.6) is 0 Å². The smallest absolute Gasteiger partial charge is 0.0843 e. The van der Waals surface area contributed by atoms with Gasteiger partial charge in [0.1, 0.15) is 0 Å². The molecule has 2 rings (SSSR count).